The van der Waals surface area contributed by atoms with Crippen molar-refractivity contribution in [1.82, 2.24) is 4.98 Å². The maximum absolute atomic E-state index is 6.11. The van der Waals surface area contributed by atoms with E-state index in [2.05, 4.69) is 31.2 Å². The molecular formula is C19H21Cl2N3S. The van der Waals surface area contributed by atoms with E-state index in [1.165, 1.54) is 18.6 Å². The van der Waals surface area contributed by atoms with E-state index in [9.17, 15) is 0 Å². The number of aromatic nitrogens is 1. The minimum Gasteiger partial charge on any atom is -0.253 e. The number of thiazole rings is 1. The molecule has 2 aliphatic rings. The topological polar surface area (TPSA) is 37.3 Å². The van der Waals surface area contributed by atoms with Crippen molar-refractivity contribution in [3.05, 3.63) is 34.4 Å². The van der Waals surface area contributed by atoms with Crippen molar-refractivity contribution in [2.75, 3.05) is 5.43 Å². The lowest BCUT2D eigenvalue weighted by Crippen LogP contribution is -2.32. The summed E-state index contributed by atoms with van der Waals surface area (Å²) in [6.45, 7) is 7.14. The maximum Gasteiger partial charge on any atom is 0.203 e. The monoisotopic (exact) mass is 393 g/mol. The SMILES string of the molecule is CC1(C)[C@@H]2CC[C@]1(C)/C(=N/Nc1ncc(-c3ccc(Cl)c(Cl)c3)s1)C2. The van der Waals surface area contributed by atoms with Crippen LogP contribution >= 0.6 is 34.5 Å². The van der Waals surface area contributed by atoms with Gasteiger partial charge in [-0.15, -0.1) is 0 Å². The lowest BCUT2D eigenvalue weighted by molar-refractivity contribution is 0.194. The molecule has 3 nitrogen and oxygen atoms in total. The first-order valence-electron chi connectivity index (χ1n) is 8.55. The fourth-order valence-electron chi connectivity index (χ4n) is 4.32. The summed E-state index contributed by atoms with van der Waals surface area (Å²) in [5, 5.41) is 6.67. The van der Waals surface area contributed by atoms with Gasteiger partial charge in [-0.25, -0.2) is 4.98 Å². The fourth-order valence-corrected chi connectivity index (χ4v) is 5.37. The van der Waals surface area contributed by atoms with Crippen LogP contribution in [-0.4, -0.2) is 10.7 Å². The molecule has 25 heavy (non-hydrogen) atoms. The number of hydrazone groups is 1. The number of fused-ring (bicyclic) bond motifs is 2. The molecule has 2 saturated carbocycles. The number of rotatable bonds is 3. The molecule has 0 aliphatic heterocycles. The lowest BCUT2D eigenvalue weighted by Gasteiger charge is -2.34. The Bertz CT molecular complexity index is 858. The Hall–Kier alpha value is -1.10. The predicted octanol–water partition coefficient (Wildman–Crippen LogP) is 6.73. The first kappa shape index (κ1) is 17.3. The van der Waals surface area contributed by atoms with Crippen LogP contribution in [0, 0.1) is 16.7 Å². The van der Waals surface area contributed by atoms with Crippen LogP contribution in [0.4, 0.5) is 5.13 Å². The molecule has 0 unspecified atom stereocenters. The summed E-state index contributed by atoms with van der Waals surface area (Å²) in [6.07, 6.45) is 5.50. The van der Waals surface area contributed by atoms with Gasteiger partial charge in [0.25, 0.3) is 0 Å². The summed E-state index contributed by atoms with van der Waals surface area (Å²) in [5.74, 6) is 0.751. The quantitative estimate of drug-likeness (QED) is 0.586. The summed E-state index contributed by atoms with van der Waals surface area (Å²) in [5.41, 5.74) is 6.03. The maximum atomic E-state index is 6.11. The van der Waals surface area contributed by atoms with Crippen molar-refractivity contribution in [1.29, 1.82) is 0 Å². The summed E-state index contributed by atoms with van der Waals surface area (Å²) in [6, 6.07) is 5.63. The average molecular weight is 394 g/mol. The van der Waals surface area contributed by atoms with Crippen molar-refractivity contribution < 1.29 is 0 Å². The van der Waals surface area contributed by atoms with E-state index in [0.29, 0.717) is 15.5 Å². The number of nitrogens with one attached hydrogen (secondary N) is 1. The molecule has 0 radical (unpaired) electrons. The Morgan fingerprint density at radius 1 is 1.24 bits per heavy atom. The minimum absolute atomic E-state index is 0.203. The van der Waals surface area contributed by atoms with Gasteiger partial charge >= 0.3 is 0 Å². The van der Waals surface area contributed by atoms with Gasteiger partial charge in [-0.3, -0.25) is 5.43 Å². The molecule has 0 spiro atoms. The number of anilines is 1. The summed E-state index contributed by atoms with van der Waals surface area (Å²) in [7, 11) is 0. The van der Waals surface area contributed by atoms with Crippen molar-refractivity contribution in [2.24, 2.45) is 21.8 Å². The third kappa shape index (κ3) is 2.70. The van der Waals surface area contributed by atoms with Crippen molar-refractivity contribution in [3.63, 3.8) is 0 Å². The minimum atomic E-state index is 0.203. The number of halogens is 2. The van der Waals surface area contributed by atoms with Gasteiger partial charge in [-0.1, -0.05) is 61.4 Å². The van der Waals surface area contributed by atoms with Crippen LogP contribution in [0.15, 0.2) is 29.5 Å². The first-order valence-corrected chi connectivity index (χ1v) is 10.1. The smallest absolute Gasteiger partial charge is 0.203 e. The molecule has 1 aromatic heterocycles. The van der Waals surface area contributed by atoms with Crippen LogP contribution in [0.5, 0.6) is 0 Å². The van der Waals surface area contributed by atoms with E-state index in [-0.39, 0.29) is 5.41 Å². The second-order valence-electron chi connectivity index (χ2n) is 7.82. The Morgan fingerprint density at radius 2 is 2.04 bits per heavy atom. The molecule has 0 amide bonds. The van der Waals surface area contributed by atoms with Crippen molar-refractivity contribution in [2.45, 2.75) is 40.0 Å². The fraction of sp³-hybridized carbons (Fsp3) is 0.474. The van der Waals surface area contributed by atoms with Crippen LogP contribution in [-0.2, 0) is 0 Å². The largest absolute Gasteiger partial charge is 0.253 e. The highest BCUT2D eigenvalue weighted by Gasteiger charge is 2.59. The van der Waals surface area contributed by atoms with E-state index in [4.69, 9.17) is 28.3 Å². The first-order chi connectivity index (χ1) is 11.8. The molecule has 132 valence electrons. The molecule has 1 N–H and O–H groups in total. The lowest BCUT2D eigenvalue weighted by atomic mass is 9.70. The van der Waals surface area contributed by atoms with Crippen LogP contribution in [0.1, 0.15) is 40.0 Å². The summed E-state index contributed by atoms with van der Waals surface area (Å²) >= 11 is 13.7. The van der Waals surface area contributed by atoms with Crippen LogP contribution in [0.25, 0.3) is 10.4 Å². The Kier molecular flexibility index (Phi) is 4.13. The van der Waals surface area contributed by atoms with Gasteiger partial charge in [0.1, 0.15) is 0 Å². The predicted molar refractivity (Wildman–Crippen MR) is 108 cm³/mol. The van der Waals surface area contributed by atoms with Gasteiger partial charge in [0, 0.05) is 17.3 Å². The highest BCUT2D eigenvalue weighted by atomic mass is 35.5. The normalized spacial score (nSPS) is 28.7. The Labute approximate surface area is 162 Å². The third-order valence-corrected chi connectivity index (χ3v) is 8.20. The van der Waals surface area contributed by atoms with E-state index in [0.717, 1.165) is 27.9 Å². The van der Waals surface area contributed by atoms with E-state index in [1.54, 1.807) is 11.3 Å². The second-order valence-corrected chi connectivity index (χ2v) is 9.67. The molecular weight excluding hydrogens is 373 g/mol. The molecule has 2 bridgehead atoms. The van der Waals surface area contributed by atoms with Gasteiger partial charge in [0.2, 0.25) is 5.13 Å². The van der Waals surface area contributed by atoms with E-state index in [1.807, 2.05) is 24.4 Å². The molecule has 2 atom stereocenters. The standard InChI is InChI=1S/C19H21Cl2N3S/c1-18(2)12-6-7-19(18,3)16(9-12)23-24-17-22-10-15(25-17)11-4-5-13(20)14(21)8-11/h4-5,8,10,12H,6-7,9H2,1-3H3,(H,22,24)/b23-16+/t12-,19-/m1/s1. The Morgan fingerprint density at radius 3 is 2.68 bits per heavy atom. The van der Waals surface area contributed by atoms with Crippen molar-refractivity contribution in [3.8, 4) is 10.4 Å². The Balaban J connectivity index is 1.54. The highest BCUT2D eigenvalue weighted by Crippen LogP contribution is 2.63. The molecule has 0 saturated heterocycles. The van der Waals surface area contributed by atoms with Crippen molar-refractivity contribution >= 4 is 45.4 Å². The number of hydrogen-bond acceptors (Lipinski definition) is 4. The summed E-state index contributed by atoms with van der Waals surface area (Å²) in [4.78, 5) is 5.49. The molecule has 4 rings (SSSR count). The highest BCUT2D eigenvalue weighted by molar-refractivity contribution is 7.18. The molecule has 1 heterocycles. The van der Waals surface area contributed by atoms with Crippen LogP contribution < -0.4 is 5.43 Å². The molecule has 2 aromatic rings. The third-order valence-electron chi connectivity index (χ3n) is 6.51. The molecule has 2 aliphatic carbocycles. The zero-order chi connectivity index (χ0) is 17.8. The van der Waals surface area contributed by atoms with Gasteiger partial charge in [0.05, 0.1) is 14.9 Å². The molecule has 6 heteroatoms. The number of hydrogen-bond donors (Lipinski definition) is 1. The average Bonchev–Trinajstić information content (AvgIpc) is 3.18. The number of nitrogens with zero attached hydrogens (tertiary/aromatic N) is 2. The van der Waals surface area contributed by atoms with E-state index < -0.39 is 0 Å². The second kappa shape index (κ2) is 5.97. The van der Waals surface area contributed by atoms with Gasteiger partial charge in [-0.05, 0) is 48.3 Å². The zero-order valence-corrected chi connectivity index (χ0v) is 16.9. The molecule has 1 aromatic carbocycles. The summed E-state index contributed by atoms with van der Waals surface area (Å²) < 4.78 is 0. The van der Waals surface area contributed by atoms with Crippen LogP contribution in [0.3, 0.4) is 0 Å². The van der Waals surface area contributed by atoms with Crippen LogP contribution in [0.2, 0.25) is 10.0 Å². The van der Waals surface area contributed by atoms with Gasteiger partial charge in [-0.2, -0.15) is 5.10 Å². The van der Waals surface area contributed by atoms with Gasteiger partial charge < -0.3 is 0 Å². The zero-order valence-electron chi connectivity index (χ0n) is 14.6. The van der Waals surface area contributed by atoms with Gasteiger partial charge in [0.15, 0.2) is 0 Å². The number of benzene rings is 1. The molecule has 2 fully saturated rings. The van der Waals surface area contributed by atoms with E-state index >= 15 is 0 Å².